The maximum absolute atomic E-state index is 12.6. The van der Waals surface area contributed by atoms with Gasteiger partial charge in [0.1, 0.15) is 17.3 Å². The number of carbonyl (C=O) groups is 1. The number of carbonyl (C=O) groups excluding carboxylic acids is 1. The lowest BCUT2D eigenvalue weighted by atomic mass is 10.2. The van der Waals surface area contributed by atoms with E-state index in [0.717, 1.165) is 11.3 Å². The highest BCUT2D eigenvalue weighted by molar-refractivity contribution is 5.93. The highest BCUT2D eigenvalue weighted by Gasteiger charge is 2.20. The molecule has 1 aliphatic heterocycles. The molecule has 1 amide bonds. The van der Waals surface area contributed by atoms with Gasteiger partial charge in [0, 0.05) is 24.8 Å². The third-order valence-electron chi connectivity index (χ3n) is 3.65. The van der Waals surface area contributed by atoms with E-state index in [-0.39, 0.29) is 5.91 Å². The fraction of sp³-hybridized carbons (Fsp3) is 0.353. The van der Waals surface area contributed by atoms with Crippen LogP contribution in [0.1, 0.15) is 21.9 Å². The molecular formula is C17H20N4O2. The maximum atomic E-state index is 12.6. The third-order valence-corrected chi connectivity index (χ3v) is 3.65. The van der Waals surface area contributed by atoms with Gasteiger partial charge in [0.2, 0.25) is 0 Å². The molecule has 120 valence electrons. The van der Waals surface area contributed by atoms with Gasteiger partial charge in [0.15, 0.2) is 0 Å². The fourth-order valence-corrected chi connectivity index (χ4v) is 2.54. The second-order valence-electron chi connectivity index (χ2n) is 5.58. The summed E-state index contributed by atoms with van der Waals surface area (Å²) >= 11 is 0. The number of nitrogens with zero attached hydrogens (tertiary/aromatic N) is 3. The highest BCUT2D eigenvalue weighted by atomic mass is 16.5. The Bertz CT molecular complexity index is 711. The first-order valence-corrected chi connectivity index (χ1v) is 7.68. The number of aryl methyl sites for hydroxylation is 2. The number of rotatable bonds is 3. The Hall–Kier alpha value is -2.47. The zero-order valence-corrected chi connectivity index (χ0v) is 13.4. The van der Waals surface area contributed by atoms with Gasteiger partial charge in [-0.2, -0.15) is 0 Å². The Morgan fingerprint density at radius 3 is 2.70 bits per heavy atom. The molecule has 0 unspecified atom stereocenters. The number of ether oxygens (including phenoxy) is 1. The second-order valence-corrected chi connectivity index (χ2v) is 5.58. The van der Waals surface area contributed by atoms with Crippen LogP contribution in [0.25, 0.3) is 0 Å². The van der Waals surface area contributed by atoms with E-state index in [0.29, 0.717) is 43.6 Å². The van der Waals surface area contributed by atoms with Gasteiger partial charge in [-0.1, -0.05) is 12.1 Å². The molecule has 2 heterocycles. The van der Waals surface area contributed by atoms with E-state index in [2.05, 4.69) is 15.3 Å². The number of morpholine rings is 1. The molecule has 1 aromatic carbocycles. The zero-order valence-electron chi connectivity index (χ0n) is 13.4. The topological polar surface area (TPSA) is 67.4 Å². The molecule has 1 aliphatic rings. The number of amides is 1. The van der Waals surface area contributed by atoms with Crippen LogP contribution in [-0.2, 0) is 4.74 Å². The van der Waals surface area contributed by atoms with Crippen LogP contribution in [0.5, 0.6) is 0 Å². The summed E-state index contributed by atoms with van der Waals surface area (Å²) < 4.78 is 5.28. The molecule has 0 spiro atoms. The normalized spacial score (nSPS) is 14.6. The number of anilines is 2. The van der Waals surface area contributed by atoms with Crippen LogP contribution in [0.3, 0.4) is 0 Å². The third kappa shape index (κ3) is 3.84. The minimum Gasteiger partial charge on any atom is -0.378 e. The average Bonchev–Trinajstić information content (AvgIpc) is 2.54. The first kappa shape index (κ1) is 15.4. The first-order chi connectivity index (χ1) is 11.1. The summed E-state index contributed by atoms with van der Waals surface area (Å²) in [6, 6.07) is 9.71. The molecule has 3 rings (SSSR count). The number of benzene rings is 1. The lowest BCUT2D eigenvalue weighted by Crippen LogP contribution is -2.41. The zero-order chi connectivity index (χ0) is 16.2. The lowest BCUT2D eigenvalue weighted by molar-refractivity contribution is 0.0299. The highest BCUT2D eigenvalue weighted by Crippen LogP contribution is 2.17. The average molecular weight is 312 g/mol. The number of hydrogen-bond donors (Lipinski definition) is 1. The minimum atomic E-state index is -0.0777. The summed E-state index contributed by atoms with van der Waals surface area (Å²) in [5.74, 6) is 1.12. The summed E-state index contributed by atoms with van der Waals surface area (Å²) in [4.78, 5) is 23.0. The molecule has 23 heavy (non-hydrogen) atoms. The Morgan fingerprint density at radius 2 is 1.96 bits per heavy atom. The lowest BCUT2D eigenvalue weighted by Gasteiger charge is -2.26. The largest absolute Gasteiger partial charge is 0.378 e. The number of hydrogen-bond acceptors (Lipinski definition) is 5. The van der Waals surface area contributed by atoms with E-state index in [1.807, 2.05) is 31.2 Å². The van der Waals surface area contributed by atoms with E-state index in [1.54, 1.807) is 17.9 Å². The number of nitrogens with one attached hydrogen (secondary N) is 1. The van der Waals surface area contributed by atoms with Crippen LogP contribution in [0, 0.1) is 13.8 Å². The summed E-state index contributed by atoms with van der Waals surface area (Å²) in [5, 5.41) is 3.24. The minimum absolute atomic E-state index is 0.0777. The second kappa shape index (κ2) is 6.75. The van der Waals surface area contributed by atoms with E-state index >= 15 is 0 Å². The van der Waals surface area contributed by atoms with Crippen molar-refractivity contribution in [3.05, 3.63) is 47.4 Å². The van der Waals surface area contributed by atoms with Gasteiger partial charge in [-0.05, 0) is 31.5 Å². The smallest absolute Gasteiger partial charge is 0.272 e. The van der Waals surface area contributed by atoms with Crippen LogP contribution >= 0.6 is 0 Å². The standard InChI is InChI=1S/C17H20N4O2/c1-12-4-3-5-14(10-12)20-16-11-15(18-13(2)19-16)17(22)21-6-8-23-9-7-21/h3-5,10-11H,6-9H2,1-2H3,(H,18,19,20). The van der Waals surface area contributed by atoms with Crippen molar-refractivity contribution in [2.75, 3.05) is 31.6 Å². The van der Waals surface area contributed by atoms with Crippen molar-refractivity contribution in [2.24, 2.45) is 0 Å². The van der Waals surface area contributed by atoms with Crippen LogP contribution in [-0.4, -0.2) is 47.1 Å². The molecule has 6 heteroatoms. The van der Waals surface area contributed by atoms with Gasteiger partial charge in [-0.15, -0.1) is 0 Å². The molecule has 1 saturated heterocycles. The molecule has 6 nitrogen and oxygen atoms in total. The molecule has 1 fully saturated rings. The Balaban J connectivity index is 1.82. The molecular weight excluding hydrogens is 292 g/mol. The maximum Gasteiger partial charge on any atom is 0.272 e. The summed E-state index contributed by atoms with van der Waals surface area (Å²) in [6.45, 7) is 6.17. The van der Waals surface area contributed by atoms with E-state index in [1.165, 1.54) is 0 Å². The van der Waals surface area contributed by atoms with Crippen molar-refractivity contribution in [3.63, 3.8) is 0 Å². The quantitative estimate of drug-likeness (QED) is 0.942. The van der Waals surface area contributed by atoms with E-state index in [9.17, 15) is 4.79 Å². The summed E-state index contributed by atoms with van der Waals surface area (Å²) in [5.41, 5.74) is 2.51. The number of aromatic nitrogens is 2. The van der Waals surface area contributed by atoms with Crippen LogP contribution in [0.2, 0.25) is 0 Å². The molecule has 1 aromatic heterocycles. The Kier molecular flexibility index (Phi) is 4.52. The van der Waals surface area contributed by atoms with Crippen LogP contribution < -0.4 is 5.32 Å². The van der Waals surface area contributed by atoms with Gasteiger partial charge >= 0.3 is 0 Å². The van der Waals surface area contributed by atoms with Gasteiger partial charge in [-0.25, -0.2) is 9.97 Å². The van der Waals surface area contributed by atoms with Crippen molar-refractivity contribution >= 4 is 17.4 Å². The molecule has 0 saturated carbocycles. The monoisotopic (exact) mass is 312 g/mol. The SMILES string of the molecule is Cc1cccc(Nc2cc(C(=O)N3CCOCC3)nc(C)n2)c1. The van der Waals surface area contributed by atoms with Gasteiger partial charge < -0.3 is 15.0 Å². The van der Waals surface area contributed by atoms with E-state index in [4.69, 9.17) is 4.74 Å². The molecule has 1 N–H and O–H groups in total. The molecule has 0 bridgehead atoms. The summed E-state index contributed by atoms with van der Waals surface area (Å²) in [6.07, 6.45) is 0. The van der Waals surface area contributed by atoms with Crippen LogP contribution in [0.4, 0.5) is 11.5 Å². The van der Waals surface area contributed by atoms with Crippen molar-refractivity contribution in [1.82, 2.24) is 14.9 Å². The van der Waals surface area contributed by atoms with E-state index < -0.39 is 0 Å². The predicted octanol–water partition coefficient (Wildman–Crippen LogP) is 2.31. The van der Waals surface area contributed by atoms with Gasteiger partial charge in [0.05, 0.1) is 13.2 Å². The Morgan fingerprint density at radius 1 is 1.17 bits per heavy atom. The molecule has 2 aromatic rings. The molecule has 0 radical (unpaired) electrons. The van der Waals surface area contributed by atoms with Gasteiger partial charge in [0.25, 0.3) is 5.91 Å². The van der Waals surface area contributed by atoms with Crippen molar-refractivity contribution in [3.8, 4) is 0 Å². The van der Waals surface area contributed by atoms with Crippen molar-refractivity contribution in [1.29, 1.82) is 0 Å². The van der Waals surface area contributed by atoms with Crippen LogP contribution in [0.15, 0.2) is 30.3 Å². The van der Waals surface area contributed by atoms with Crippen molar-refractivity contribution < 1.29 is 9.53 Å². The van der Waals surface area contributed by atoms with Gasteiger partial charge in [-0.3, -0.25) is 4.79 Å². The molecule has 0 atom stereocenters. The Labute approximate surface area is 135 Å². The molecule has 0 aliphatic carbocycles. The summed E-state index contributed by atoms with van der Waals surface area (Å²) in [7, 11) is 0. The first-order valence-electron chi connectivity index (χ1n) is 7.68. The fourth-order valence-electron chi connectivity index (χ4n) is 2.54. The predicted molar refractivity (Wildman–Crippen MR) is 88.0 cm³/mol. The van der Waals surface area contributed by atoms with Crippen molar-refractivity contribution in [2.45, 2.75) is 13.8 Å².